The van der Waals surface area contributed by atoms with E-state index in [9.17, 15) is 10.1 Å². The molecule has 25 heavy (non-hydrogen) atoms. The van der Waals surface area contributed by atoms with Gasteiger partial charge in [-0.25, -0.2) is 4.99 Å². The fourth-order valence-corrected chi connectivity index (χ4v) is 3.81. The van der Waals surface area contributed by atoms with Crippen molar-refractivity contribution >= 4 is 28.8 Å². The highest BCUT2D eigenvalue weighted by Gasteiger charge is 2.21. The molecule has 0 amide bonds. The van der Waals surface area contributed by atoms with Gasteiger partial charge in [-0.05, 0) is 30.7 Å². The first-order valence-electron chi connectivity index (χ1n) is 7.83. The SMILES string of the molecule is Cc1ccc2c(c1)N=C(c1ccccc1)c1cc([N+](=O)[O-])ccc1S2. The van der Waals surface area contributed by atoms with Gasteiger partial charge < -0.3 is 0 Å². The predicted molar refractivity (Wildman–Crippen MR) is 100 cm³/mol. The minimum absolute atomic E-state index is 0.0742. The van der Waals surface area contributed by atoms with Gasteiger partial charge in [0.2, 0.25) is 0 Å². The molecule has 4 rings (SSSR count). The normalized spacial score (nSPS) is 12.6. The van der Waals surface area contributed by atoms with Gasteiger partial charge in [0.05, 0.1) is 16.3 Å². The van der Waals surface area contributed by atoms with Crippen molar-refractivity contribution in [2.45, 2.75) is 16.7 Å². The van der Waals surface area contributed by atoms with E-state index in [4.69, 9.17) is 4.99 Å². The highest BCUT2D eigenvalue weighted by molar-refractivity contribution is 7.99. The van der Waals surface area contributed by atoms with Gasteiger partial charge >= 0.3 is 0 Å². The van der Waals surface area contributed by atoms with E-state index in [1.54, 1.807) is 23.9 Å². The number of non-ortho nitro benzene ring substituents is 1. The zero-order valence-corrected chi connectivity index (χ0v) is 14.3. The summed E-state index contributed by atoms with van der Waals surface area (Å²) in [5.41, 5.74) is 4.59. The third-order valence-corrected chi connectivity index (χ3v) is 5.18. The maximum atomic E-state index is 11.2. The van der Waals surface area contributed by atoms with Gasteiger partial charge in [0, 0.05) is 33.1 Å². The van der Waals surface area contributed by atoms with E-state index in [0.717, 1.165) is 37.9 Å². The molecular weight excluding hydrogens is 332 g/mol. The molecule has 122 valence electrons. The zero-order valence-electron chi connectivity index (χ0n) is 13.5. The second-order valence-corrected chi connectivity index (χ2v) is 6.92. The van der Waals surface area contributed by atoms with E-state index < -0.39 is 0 Å². The average molecular weight is 346 g/mol. The van der Waals surface area contributed by atoms with Crippen LogP contribution in [0.3, 0.4) is 0 Å². The molecule has 3 aromatic carbocycles. The molecule has 0 radical (unpaired) electrons. The molecule has 0 N–H and O–H groups in total. The average Bonchev–Trinajstić information content (AvgIpc) is 2.78. The Labute approximate surface area is 149 Å². The third kappa shape index (κ3) is 2.94. The van der Waals surface area contributed by atoms with E-state index in [-0.39, 0.29) is 10.6 Å². The molecule has 0 unspecified atom stereocenters. The topological polar surface area (TPSA) is 55.5 Å². The number of fused-ring (bicyclic) bond motifs is 2. The van der Waals surface area contributed by atoms with E-state index in [1.807, 2.05) is 49.4 Å². The first-order valence-corrected chi connectivity index (χ1v) is 8.65. The molecule has 4 nitrogen and oxygen atoms in total. The Morgan fingerprint density at radius 2 is 1.72 bits per heavy atom. The van der Waals surface area contributed by atoms with Crippen LogP contribution in [0.15, 0.2) is 81.5 Å². The van der Waals surface area contributed by atoms with Gasteiger partial charge in [-0.1, -0.05) is 48.2 Å². The predicted octanol–water partition coefficient (Wildman–Crippen LogP) is 5.54. The van der Waals surface area contributed by atoms with Crippen molar-refractivity contribution in [1.29, 1.82) is 0 Å². The molecule has 0 atom stereocenters. The standard InChI is InChI=1S/C20H14N2O2S/c1-13-7-9-19-17(11-13)21-20(14-5-3-2-4-6-14)16-12-15(22(23)24)8-10-18(16)25-19/h2-12H,1H3. The second kappa shape index (κ2) is 6.18. The van der Waals surface area contributed by atoms with Crippen LogP contribution in [-0.2, 0) is 0 Å². The fourth-order valence-electron chi connectivity index (χ4n) is 2.82. The monoisotopic (exact) mass is 346 g/mol. The van der Waals surface area contributed by atoms with Crippen LogP contribution >= 0.6 is 11.8 Å². The number of rotatable bonds is 2. The zero-order chi connectivity index (χ0) is 17.4. The van der Waals surface area contributed by atoms with E-state index >= 15 is 0 Å². The fraction of sp³-hybridized carbons (Fsp3) is 0.0500. The summed E-state index contributed by atoms with van der Waals surface area (Å²) in [5, 5.41) is 11.2. The molecule has 1 aliphatic heterocycles. The van der Waals surface area contributed by atoms with Crippen LogP contribution in [0.2, 0.25) is 0 Å². The van der Waals surface area contributed by atoms with Crippen molar-refractivity contribution in [3.05, 3.63) is 93.5 Å². The van der Waals surface area contributed by atoms with Gasteiger partial charge in [-0.15, -0.1) is 0 Å². The Bertz CT molecular complexity index is 1010. The van der Waals surface area contributed by atoms with Crippen molar-refractivity contribution in [2.24, 2.45) is 4.99 Å². The summed E-state index contributed by atoms with van der Waals surface area (Å²) in [6, 6.07) is 20.9. The van der Waals surface area contributed by atoms with Gasteiger partial charge in [0.15, 0.2) is 0 Å². The molecule has 1 heterocycles. The first kappa shape index (κ1) is 15.6. The smallest absolute Gasteiger partial charge is 0.258 e. The summed E-state index contributed by atoms with van der Waals surface area (Å²) in [6.45, 7) is 2.03. The largest absolute Gasteiger partial charge is 0.270 e. The van der Waals surface area contributed by atoms with Crippen molar-refractivity contribution in [3.63, 3.8) is 0 Å². The summed E-state index contributed by atoms with van der Waals surface area (Å²) in [7, 11) is 0. The number of hydrogen-bond donors (Lipinski definition) is 0. The number of benzene rings is 3. The van der Waals surface area contributed by atoms with Crippen LogP contribution in [0.1, 0.15) is 16.7 Å². The van der Waals surface area contributed by atoms with Crippen LogP contribution in [0, 0.1) is 17.0 Å². The molecule has 0 spiro atoms. The molecule has 0 aliphatic carbocycles. The lowest BCUT2D eigenvalue weighted by atomic mass is 10.0. The maximum Gasteiger partial charge on any atom is 0.270 e. The Hall–Kier alpha value is -2.92. The second-order valence-electron chi connectivity index (χ2n) is 5.84. The highest BCUT2D eigenvalue weighted by Crippen LogP contribution is 2.42. The molecule has 0 fully saturated rings. The van der Waals surface area contributed by atoms with Crippen LogP contribution in [0.5, 0.6) is 0 Å². The number of aliphatic imine (C=N–C) groups is 1. The lowest BCUT2D eigenvalue weighted by Crippen LogP contribution is -2.04. The van der Waals surface area contributed by atoms with Crippen molar-refractivity contribution < 1.29 is 4.92 Å². The van der Waals surface area contributed by atoms with Crippen molar-refractivity contribution in [3.8, 4) is 0 Å². The van der Waals surface area contributed by atoms with Crippen LogP contribution in [0.4, 0.5) is 11.4 Å². The molecule has 3 aromatic rings. The van der Waals surface area contributed by atoms with Crippen LogP contribution in [0.25, 0.3) is 0 Å². The quantitative estimate of drug-likeness (QED) is 0.354. The van der Waals surface area contributed by atoms with Crippen molar-refractivity contribution in [2.75, 3.05) is 0 Å². The van der Waals surface area contributed by atoms with Crippen LogP contribution < -0.4 is 0 Å². The number of aryl methyl sites for hydroxylation is 1. The van der Waals surface area contributed by atoms with Crippen LogP contribution in [-0.4, -0.2) is 10.6 Å². The highest BCUT2D eigenvalue weighted by atomic mass is 32.2. The molecule has 0 saturated heterocycles. The minimum atomic E-state index is -0.365. The molecular formula is C20H14N2O2S. The van der Waals surface area contributed by atoms with Gasteiger partial charge in [0.25, 0.3) is 5.69 Å². The molecule has 0 saturated carbocycles. The summed E-state index contributed by atoms with van der Waals surface area (Å²) in [6.07, 6.45) is 0. The lowest BCUT2D eigenvalue weighted by molar-refractivity contribution is -0.384. The molecule has 5 heteroatoms. The van der Waals surface area contributed by atoms with Crippen molar-refractivity contribution in [1.82, 2.24) is 0 Å². The lowest BCUT2D eigenvalue weighted by Gasteiger charge is -2.09. The first-order chi connectivity index (χ1) is 12.1. The number of nitro groups is 1. The Morgan fingerprint density at radius 3 is 2.48 bits per heavy atom. The number of nitro benzene ring substituents is 1. The summed E-state index contributed by atoms with van der Waals surface area (Å²) >= 11 is 1.59. The van der Waals surface area contributed by atoms with E-state index in [1.165, 1.54) is 0 Å². The van der Waals surface area contributed by atoms with Gasteiger partial charge in [0.1, 0.15) is 0 Å². The Balaban J connectivity index is 2.01. The Morgan fingerprint density at radius 1 is 0.960 bits per heavy atom. The van der Waals surface area contributed by atoms with E-state index in [2.05, 4.69) is 12.1 Å². The Kier molecular flexibility index (Phi) is 3.86. The molecule has 0 aromatic heterocycles. The maximum absolute atomic E-state index is 11.2. The number of hydrogen-bond acceptors (Lipinski definition) is 4. The minimum Gasteiger partial charge on any atom is -0.258 e. The molecule has 0 bridgehead atoms. The van der Waals surface area contributed by atoms with Gasteiger partial charge in [-0.2, -0.15) is 0 Å². The number of nitrogens with zero attached hydrogens (tertiary/aromatic N) is 2. The summed E-state index contributed by atoms with van der Waals surface area (Å²) in [5.74, 6) is 0. The molecule has 1 aliphatic rings. The van der Waals surface area contributed by atoms with E-state index in [0.29, 0.717) is 0 Å². The summed E-state index contributed by atoms with van der Waals surface area (Å²) < 4.78 is 0. The van der Waals surface area contributed by atoms with Gasteiger partial charge in [-0.3, -0.25) is 10.1 Å². The summed E-state index contributed by atoms with van der Waals surface area (Å²) in [4.78, 5) is 17.8. The third-order valence-electron chi connectivity index (χ3n) is 4.04.